The molecule has 0 spiro atoms. The number of ketones is 1. The van der Waals surface area contributed by atoms with Crippen molar-refractivity contribution in [2.24, 2.45) is 34.5 Å². The zero-order chi connectivity index (χ0) is 16.5. The Hall–Kier alpha value is -0.370. The largest absolute Gasteiger partial charge is 0.390 e. The van der Waals surface area contributed by atoms with Crippen molar-refractivity contribution in [1.29, 1.82) is 0 Å². The summed E-state index contributed by atoms with van der Waals surface area (Å²) in [5.41, 5.74) is 0.0178. The van der Waals surface area contributed by atoms with Crippen LogP contribution < -0.4 is 0 Å². The number of carbonyl (C=O) groups excluding carboxylic acids is 1. The summed E-state index contributed by atoms with van der Waals surface area (Å²) in [7, 11) is 0. The number of fused-ring (bicyclic) bond motifs is 5. The van der Waals surface area contributed by atoms with E-state index in [9.17, 15) is 9.90 Å². The third-order valence-corrected chi connectivity index (χ3v) is 9.19. The number of hydrogen-bond donors (Lipinski definition) is 1. The van der Waals surface area contributed by atoms with Gasteiger partial charge in [0.25, 0.3) is 0 Å². The zero-order valence-electron chi connectivity index (χ0n) is 15.2. The maximum atomic E-state index is 12.5. The minimum absolute atomic E-state index is 0.00316. The first-order chi connectivity index (χ1) is 10.8. The number of aliphatic hydroxyl groups is 1. The Balaban J connectivity index is 1.61. The van der Waals surface area contributed by atoms with Crippen LogP contribution in [0, 0.1) is 34.5 Å². The van der Waals surface area contributed by atoms with Gasteiger partial charge in [-0.3, -0.25) is 4.79 Å². The molecule has 4 saturated carbocycles. The molecule has 4 aliphatic rings. The molecule has 4 aliphatic carbocycles. The Kier molecular flexibility index (Phi) is 3.55. The SMILES string of the molecule is CCC1(O)CCC2(C)C(CCC3C4CCC(=O)C4(C)CCC32)C1. The standard InChI is InChI=1S/C21H34O2/c1-4-21(23)12-11-19(2)14(13-21)5-6-15-16-7-8-18(22)20(16,3)10-9-17(15)19/h14-17,23H,4-13H2,1-3H3. The molecule has 4 fully saturated rings. The van der Waals surface area contributed by atoms with E-state index in [4.69, 9.17) is 0 Å². The predicted octanol–water partition coefficient (Wildman–Crippen LogP) is 4.74. The van der Waals surface area contributed by atoms with Crippen molar-refractivity contribution in [3.8, 4) is 0 Å². The van der Waals surface area contributed by atoms with Gasteiger partial charge in [-0.2, -0.15) is 0 Å². The summed E-state index contributed by atoms with van der Waals surface area (Å²) in [6.45, 7) is 6.95. The van der Waals surface area contributed by atoms with Gasteiger partial charge in [-0.15, -0.1) is 0 Å². The van der Waals surface area contributed by atoms with E-state index in [1.807, 2.05) is 0 Å². The summed E-state index contributed by atoms with van der Waals surface area (Å²) in [4.78, 5) is 12.5. The average molecular weight is 319 g/mol. The molecule has 0 aliphatic heterocycles. The van der Waals surface area contributed by atoms with E-state index in [-0.39, 0.29) is 5.41 Å². The molecule has 0 saturated heterocycles. The smallest absolute Gasteiger partial charge is 0.139 e. The summed E-state index contributed by atoms with van der Waals surface area (Å²) < 4.78 is 0. The van der Waals surface area contributed by atoms with Crippen LogP contribution in [0.15, 0.2) is 0 Å². The highest BCUT2D eigenvalue weighted by Gasteiger charge is 2.61. The molecule has 7 atom stereocenters. The van der Waals surface area contributed by atoms with Crippen LogP contribution in [0.2, 0.25) is 0 Å². The highest BCUT2D eigenvalue weighted by molar-refractivity contribution is 5.87. The molecule has 2 nitrogen and oxygen atoms in total. The summed E-state index contributed by atoms with van der Waals surface area (Å²) in [5, 5.41) is 10.8. The van der Waals surface area contributed by atoms with Crippen molar-refractivity contribution in [3.63, 3.8) is 0 Å². The first-order valence-electron chi connectivity index (χ1n) is 10.1. The van der Waals surface area contributed by atoms with E-state index in [1.165, 1.54) is 25.7 Å². The molecule has 0 aromatic carbocycles. The summed E-state index contributed by atoms with van der Waals surface area (Å²) in [6, 6.07) is 0. The van der Waals surface area contributed by atoms with E-state index >= 15 is 0 Å². The van der Waals surface area contributed by atoms with Crippen molar-refractivity contribution < 1.29 is 9.90 Å². The van der Waals surface area contributed by atoms with Crippen molar-refractivity contribution in [2.75, 3.05) is 0 Å². The van der Waals surface area contributed by atoms with Gasteiger partial charge in [0.15, 0.2) is 0 Å². The second kappa shape index (κ2) is 5.07. The topological polar surface area (TPSA) is 37.3 Å². The second-order valence-corrected chi connectivity index (χ2v) is 9.86. The molecular formula is C21H34O2. The van der Waals surface area contributed by atoms with Crippen molar-refractivity contribution in [3.05, 3.63) is 0 Å². The van der Waals surface area contributed by atoms with E-state index in [0.717, 1.165) is 50.4 Å². The first-order valence-corrected chi connectivity index (χ1v) is 10.1. The van der Waals surface area contributed by atoms with Crippen molar-refractivity contribution >= 4 is 5.78 Å². The molecule has 4 rings (SSSR count). The maximum Gasteiger partial charge on any atom is 0.139 e. The molecule has 0 aromatic rings. The first kappa shape index (κ1) is 16.1. The lowest BCUT2D eigenvalue weighted by atomic mass is 9.44. The Bertz CT molecular complexity index is 514. The minimum atomic E-state index is -0.399. The molecule has 130 valence electrons. The Morgan fingerprint density at radius 3 is 2.57 bits per heavy atom. The lowest BCUT2D eigenvalue weighted by Gasteiger charge is -2.61. The quantitative estimate of drug-likeness (QED) is 0.758. The number of rotatable bonds is 1. The molecule has 0 bridgehead atoms. The summed E-state index contributed by atoms with van der Waals surface area (Å²) in [6.07, 6.45) is 11.0. The van der Waals surface area contributed by atoms with E-state index < -0.39 is 5.60 Å². The van der Waals surface area contributed by atoms with Gasteiger partial charge in [-0.1, -0.05) is 20.8 Å². The van der Waals surface area contributed by atoms with Gasteiger partial charge in [0, 0.05) is 11.8 Å². The lowest BCUT2D eigenvalue weighted by Crippen LogP contribution is -2.55. The van der Waals surface area contributed by atoms with Gasteiger partial charge < -0.3 is 5.11 Å². The van der Waals surface area contributed by atoms with Gasteiger partial charge in [0.1, 0.15) is 5.78 Å². The average Bonchev–Trinajstić information content (AvgIpc) is 2.84. The van der Waals surface area contributed by atoms with E-state index in [1.54, 1.807) is 0 Å². The normalized spacial score (nSPS) is 55.9. The van der Waals surface area contributed by atoms with Crippen LogP contribution in [-0.2, 0) is 4.79 Å². The van der Waals surface area contributed by atoms with E-state index in [2.05, 4.69) is 20.8 Å². The molecule has 0 radical (unpaired) electrons. The predicted molar refractivity (Wildman–Crippen MR) is 92.0 cm³/mol. The minimum Gasteiger partial charge on any atom is -0.390 e. The summed E-state index contributed by atoms with van der Waals surface area (Å²) in [5.74, 6) is 3.47. The van der Waals surface area contributed by atoms with Crippen LogP contribution in [-0.4, -0.2) is 16.5 Å². The van der Waals surface area contributed by atoms with Crippen LogP contribution in [0.5, 0.6) is 0 Å². The molecule has 0 amide bonds. The second-order valence-electron chi connectivity index (χ2n) is 9.86. The Morgan fingerprint density at radius 2 is 1.83 bits per heavy atom. The molecule has 0 aromatic heterocycles. The van der Waals surface area contributed by atoms with Gasteiger partial charge in [0.05, 0.1) is 5.60 Å². The molecule has 23 heavy (non-hydrogen) atoms. The molecule has 0 heterocycles. The van der Waals surface area contributed by atoms with Crippen LogP contribution >= 0.6 is 0 Å². The molecule has 2 heteroatoms. The van der Waals surface area contributed by atoms with Crippen molar-refractivity contribution in [2.45, 2.75) is 90.6 Å². The van der Waals surface area contributed by atoms with Crippen LogP contribution in [0.25, 0.3) is 0 Å². The fourth-order valence-electron chi connectivity index (χ4n) is 7.41. The molecular weight excluding hydrogens is 284 g/mol. The van der Waals surface area contributed by atoms with E-state index in [0.29, 0.717) is 23.0 Å². The van der Waals surface area contributed by atoms with Gasteiger partial charge in [-0.25, -0.2) is 0 Å². The van der Waals surface area contributed by atoms with Gasteiger partial charge in [0.2, 0.25) is 0 Å². The van der Waals surface area contributed by atoms with Crippen LogP contribution in [0.4, 0.5) is 0 Å². The molecule has 7 unspecified atom stereocenters. The number of Topliss-reactive ketones (excluding diaryl/α,β-unsaturated/α-hetero) is 1. The fourth-order valence-corrected chi connectivity index (χ4v) is 7.41. The number of hydrogen-bond acceptors (Lipinski definition) is 2. The summed E-state index contributed by atoms with van der Waals surface area (Å²) >= 11 is 0. The highest BCUT2D eigenvalue weighted by Crippen LogP contribution is 2.66. The number of carbonyl (C=O) groups is 1. The van der Waals surface area contributed by atoms with Crippen LogP contribution in [0.1, 0.15) is 85.0 Å². The highest BCUT2D eigenvalue weighted by atomic mass is 16.3. The Morgan fingerprint density at radius 1 is 1.04 bits per heavy atom. The van der Waals surface area contributed by atoms with Gasteiger partial charge in [-0.05, 0) is 86.9 Å². The molecule has 1 N–H and O–H groups in total. The lowest BCUT2D eigenvalue weighted by molar-refractivity contribution is -0.154. The fraction of sp³-hybridized carbons (Fsp3) is 0.952. The van der Waals surface area contributed by atoms with Crippen molar-refractivity contribution in [1.82, 2.24) is 0 Å². The maximum absolute atomic E-state index is 12.5. The third-order valence-electron chi connectivity index (χ3n) is 9.19. The monoisotopic (exact) mass is 318 g/mol. The van der Waals surface area contributed by atoms with Crippen LogP contribution in [0.3, 0.4) is 0 Å². The van der Waals surface area contributed by atoms with Gasteiger partial charge >= 0.3 is 0 Å². The zero-order valence-corrected chi connectivity index (χ0v) is 15.2. The third kappa shape index (κ3) is 2.12. The Labute approximate surface area is 141 Å².